The Morgan fingerprint density at radius 2 is 2.04 bits per heavy atom. The van der Waals surface area contributed by atoms with Crippen LogP contribution in [0.1, 0.15) is 64.8 Å². The number of hydrogen-bond donors (Lipinski definition) is 1. The minimum Gasteiger partial charge on any atom is -0.311 e. The van der Waals surface area contributed by atoms with Crippen molar-refractivity contribution in [2.75, 3.05) is 13.1 Å². The Balaban J connectivity index is 1.40. The number of likely N-dealkylation sites (tertiary alicyclic amines) is 1. The van der Waals surface area contributed by atoms with Crippen LogP contribution in [0.5, 0.6) is 0 Å². The first-order chi connectivity index (χ1) is 12.6. The highest BCUT2D eigenvalue weighted by Gasteiger charge is 2.44. The zero-order valence-corrected chi connectivity index (χ0v) is 16.3. The largest absolute Gasteiger partial charge is 0.311 e. The minimum atomic E-state index is 0.0729. The molecule has 0 radical (unpaired) electrons. The molecule has 1 aliphatic heterocycles. The van der Waals surface area contributed by atoms with E-state index in [9.17, 15) is 4.79 Å². The third-order valence-electron chi connectivity index (χ3n) is 6.39. The molecule has 3 aliphatic rings. The highest BCUT2D eigenvalue weighted by atomic mass is 32.1. The fraction of sp³-hybridized carbons (Fsp3) is 0.650. The number of aromatic nitrogens is 3. The summed E-state index contributed by atoms with van der Waals surface area (Å²) < 4.78 is 0. The summed E-state index contributed by atoms with van der Waals surface area (Å²) in [5.41, 5.74) is 3.53. The Labute approximate surface area is 157 Å². The molecular weight excluding hydrogens is 344 g/mol. The average molecular weight is 371 g/mol. The molecule has 3 heterocycles. The quantitative estimate of drug-likeness (QED) is 0.883. The van der Waals surface area contributed by atoms with E-state index in [1.807, 2.05) is 18.3 Å². The van der Waals surface area contributed by atoms with Gasteiger partial charge in [-0.25, -0.2) is 9.97 Å². The third-order valence-corrected chi connectivity index (χ3v) is 7.54. The third kappa shape index (κ3) is 2.74. The van der Waals surface area contributed by atoms with Crippen LogP contribution in [0.3, 0.4) is 0 Å². The van der Waals surface area contributed by atoms with Crippen molar-refractivity contribution in [3.05, 3.63) is 43.0 Å². The van der Waals surface area contributed by atoms with E-state index in [1.54, 1.807) is 0 Å². The smallest absolute Gasteiger partial charge is 0.254 e. The monoisotopic (exact) mass is 370 g/mol. The normalized spacial score (nSPS) is 25.4. The maximum Gasteiger partial charge on any atom is 0.254 e. The number of thiazole rings is 1. The van der Waals surface area contributed by atoms with E-state index < -0.39 is 0 Å². The first-order valence-electron chi connectivity index (χ1n) is 9.93. The van der Waals surface area contributed by atoms with Crippen molar-refractivity contribution in [3.63, 3.8) is 0 Å². The maximum absolute atomic E-state index is 12.3. The molecule has 5 rings (SSSR count). The molecule has 26 heavy (non-hydrogen) atoms. The second kappa shape index (κ2) is 6.27. The van der Waals surface area contributed by atoms with Crippen molar-refractivity contribution in [1.82, 2.24) is 19.9 Å². The summed E-state index contributed by atoms with van der Waals surface area (Å²) in [5.74, 6) is 0.750. The molecule has 6 heteroatoms. The Morgan fingerprint density at radius 1 is 1.15 bits per heavy atom. The van der Waals surface area contributed by atoms with Gasteiger partial charge in [0.15, 0.2) is 0 Å². The van der Waals surface area contributed by atoms with Gasteiger partial charge < -0.3 is 4.98 Å². The predicted octanol–water partition coefficient (Wildman–Crippen LogP) is 2.89. The van der Waals surface area contributed by atoms with Gasteiger partial charge in [-0.1, -0.05) is 0 Å². The van der Waals surface area contributed by atoms with E-state index in [2.05, 4.69) is 9.88 Å². The van der Waals surface area contributed by atoms with E-state index in [0.29, 0.717) is 0 Å². The van der Waals surface area contributed by atoms with Gasteiger partial charge in [-0.2, -0.15) is 0 Å². The molecule has 1 saturated heterocycles. The summed E-state index contributed by atoms with van der Waals surface area (Å²) >= 11 is 1.93. The molecule has 1 atom stereocenters. The van der Waals surface area contributed by atoms with Crippen LogP contribution in [-0.2, 0) is 31.2 Å². The summed E-state index contributed by atoms with van der Waals surface area (Å²) in [7, 11) is 0. The topological polar surface area (TPSA) is 61.9 Å². The zero-order chi connectivity index (χ0) is 17.7. The van der Waals surface area contributed by atoms with Gasteiger partial charge >= 0.3 is 0 Å². The van der Waals surface area contributed by atoms with Crippen LogP contribution in [0.15, 0.2) is 4.79 Å². The van der Waals surface area contributed by atoms with Gasteiger partial charge in [0.1, 0.15) is 10.8 Å². The standard InChI is InChI=1S/C20H26N4OS/c1-13-21-18-14(19(25)22-13)7-9-20(18)8-4-10-24(12-20)11-17-23-15-5-2-3-6-16(15)26-17/h2-12H2,1H3,(H,21,22,25). The maximum atomic E-state index is 12.3. The Kier molecular flexibility index (Phi) is 4.01. The van der Waals surface area contributed by atoms with E-state index in [0.717, 1.165) is 62.4 Å². The summed E-state index contributed by atoms with van der Waals surface area (Å²) in [4.78, 5) is 29.0. The van der Waals surface area contributed by atoms with Crippen molar-refractivity contribution in [2.24, 2.45) is 0 Å². The SMILES string of the molecule is Cc1nc2c(c(=O)[nH]1)CCC21CCCN(Cc2nc3c(s2)CCCC3)C1. The summed E-state index contributed by atoms with van der Waals surface area (Å²) in [6.45, 7) is 4.99. The van der Waals surface area contributed by atoms with Crippen LogP contribution in [0.2, 0.25) is 0 Å². The van der Waals surface area contributed by atoms with E-state index in [-0.39, 0.29) is 11.0 Å². The second-order valence-electron chi connectivity index (χ2n) is 8.26. The van der Waals surface area contributed by atoms with Gasteiger partial charge in [0.05, 0.1) is 17.9 Å². The number of aromatic amines is 1. The van der Waals surface area contributed by atoms with Crippen LogP contribution >= 0.6 is 11.3 Å². The summed E-state index contributed by atoms with van der Waals surface area (Å²) in [5, 5.41) is 1.28. The summed E-state index contributed by atoms with van der Waals surface area (Å²) in [6, 6.07) is 0. The second-order valence-corrected chi connectivity index (χ2v) is 9.43. The average Bonchev–Trinajstić information content (AvgIpc) is 3.17. The number of nitrogens with one attached hydrogen (secondary N) is 1. The lowest BCUT2D eigenvalue weighted by atomic mass is 9.77. The van der Waals surface area contributed by atoms with Crippen molar-refractivity contribution >= 4 is 11.3 Å². The Hall–Kier alpha value is -1.53. The Morgan fingerprint density at radius 3 is 2.92 bits per heavy atom. The predicted molar refractivity (Wildman–Crippen MR) is 103 cm³/mol. The molecule has 0 aromatic carbocycles. The van der Waals surface area contributed by atoms with Crippen molar-refractivity contribution in [2.45, 2.75) is 70.3 Å². The molecule has 2 aromatic rings. The minimum absolute atomic E-state index is 0.0729. The highest BCUT2D eigenvalue weighted by Crippen LogP contribution is 2.43. The molecule has 5 nitrogen and oxygen atoms in total. The molecule has 2 aliphatic carbocycles. The molecule has 2 aromatic heterocycles. The van der Waals surface area contributed by atoms with Crippen molar-refractivity contribution in [3.8, 4) is 0 Å². The number of piperidine rings is 1. The van der Waals surface area contributed by atoms with Crippen LogP contribution < -0.4 is 5.56 Å². The van der Waals surface area contributed by atoms with Gasteiger partial charge in [0.2, 0.25) is 0 Å². The lowest BCUT2D eigenvalue weighted by molar-refractivity contribution is 0.136. The Bertz CT molecular complexity index is 878. The number of hydrogen-bond acceptors (Lipinski definition) is 5. The number of rotatable bonds is 2. The molecule has 1 spiro atoms. The van der Waals surface area contributed by atoms with Gasteiger partial charge in [-0.15, -0.1) is 11.3 Å². The lowest BCUT2D eigenvalue weighted by Gasteiger charge is -2.40. The van der Waals surface area contributed by atoms with E-state index in [4.69, 9.17) is 9.97 Å². The van der Waals surface area contributed by atoms with Crippen LogP contribution in [0, 0.1) is 6.92 Å². The molecule has 1 fully saturated rings. The molecule has 138 valence electrons. The zero-order valence-electron chi connectivity index (χ0n) is 15.4. The van der Waals surface area contributed by atoms with Crippen molar-refractivity contribution < 1.29 is 0 Å². The van der Waals surface area contributed by atoms with Gasteiger partial charge in [0, 0.05) is 22.4 Å². The number of fused-ring (bicyclic) bond motifs is 3. The van der Waals surface area contributed by atoms with Crippen LogP contribution in [-0.4, -0.2) is 32.9 Å². The van der Waals surface area contributed by atoms with Crippen LogP contribution in [0.25, 0.3) is 0 Å². The number of nitrogens with zero attached hydrogens (tertiary/aromatic N) is 3. The molecule has 0 amide bonds. The molecule has 1 N–H and O–H groups in total. The fourth-order valence-electron chi connectivity index (χ4n) is 5.19. The lowest BCUT2D eigenvalue weighted by Crippen LogP contribution is -2.45. The molecule has 0 bridgehead atoms. The van der Waals surface area contributed by atoms with Gasteiger partial charge in [0.25, 0.3) is 5.56 Å². The van der Waals surface area contributed by atoms with E-state index >= 15 is 0 Å². The van der Waals surface area contributed by atoms with E-state index in [1.165, 1.54) is 41.3 Å². The highest BCUT2D eigenvalue weighted by molar-refractivity contribution is 7.11. The summed E-state index contributed by atoms with van der Waals surface area (Å²) in [6.07, 6.45) is 9.26. The first-order valence-corrected chi connectivity index (χ1v) is 10.7. The first kappa shape index (κ1) is 16.6. The fourth-order valence-corrected chi connectivity index (χ4v) is 6.39. The number of H-pyrrole nitrogens is 1. The van der Waals surface area contributed by atoms with Gasteiger partial charge in [-0.05, 0) is 64.8 Å². The molecule has 1 unspecified atom stereocenters. The van der Waals surface area contributed by atoms with Crippen molar-refractivity contribution in [1.29, 1.82) is 0 Å². The number of aryl methyl sites for hydroxylation is 3. The molecular formula is C20H26N4OS. The van der Waals surface area contributed by atoms with Crippen LogP contribution in [0.4, 0.5) is 0 Å². The molecule has 0 saturated carbocycles. The van der Waals surface area contributed by atoms with Gasteiger partial charge in [-0.3, -0.25) is 9.69 Å².